The van der Waals surface area contributed by atoms with E-state index in [1.165, 1.54) is 18.2 Å². The molecule has 190 valence electrons. The van der Waals surface area contributed by atoms with E-state index in [2.05, 4.69) is 15.5 Å². The van der Waals surface area contributed by atoms with Crippen LogP contribution < -0.4 is 25.0 Å². The molecule has 0 atom stereocenters. The Labute approximate surface area is 204 Å². The maximum absolute atomic E-state index is 13.3. The number of rotatable bonds is 12. The molecule has 1 saturated heterocycles. The number of carbonyl (C=O) groups excluding carboxylic acids is 1. The third-order valence-electron chi connectivity index (χ3n) is 5.34. The molecule has 0 unspecified atom stereocenters. The zero-order chi connectivity index (χ0) is 25.2. The highest BCUT2D eigenvalue weighted by Crippen LogP contribution is 2.39. The van der Waals surface area contributed by atoms with Crippen molar-refractivity contribution < 1.29 is 28.7 Å². The number of methoxy groups -OCH3 is 1. The highest BCUT2D eigenvalue weighted by molar-refractivity contribution is 6.09. The van der Waals surface area contributed by atoms with Crippen LogP contribution in [-0.4, -0.2) is 70.6 Å². The number of carbonyl (C=O) groups is 1. The fourth-order valence-corrected chi connectivity index (χ4v) is 3.71. The van der Waals surface area contributed by atoms with Crippen molar-refractivity contribution >= 4 is 28.7 Å². The Morgan fingerprint density at radius 3 is 2.46 bits per heavy atom. The molecule has 0 aromatic heterocycles. The summed E-state index contributed by atoms with van der Waals surface area (Å²) in [5, 5.41) is 17.3. The molecule has 3 rings (SSSR count). The van der Waals surface area contributed by atoms with E-state index in [4.69, 9.17) is 18.9 Å². The number of nitrogens with zero attached hydrogens (tertiary/aromatic N) is 2. The Hall–Kier alpha value is -3.57. The molecule has 1 aliphatic rings. The smallest absolute Gasteiger partial charge is 0.270 e. The van der Waals surface area contributed by atoms with Crippen LogP contribution in [0.25, 0.3) is 0 Å². The van der Waals surface area contributed by atoms with Crippen LogP contribution in [0.1, 0.15) is 24.2 Å². The predicted octanol–water partition coefficient (Wildman–Crippen LogP) is 3.54. The first-order valence-electron chi connectivity index (χ1n) is 11.6. The molecule has 1 amide bonds. The third kappa shape index (κ3) is 6.74. The Morgan fingerprint density at radius 1 is 1.09 bits per heavy atom. The maximum Gasteiger partial charge on any atom is 0.270 e. The van der Waals surface area contributed by atoms with Gasteiger partial charge in [0, 0.05) is 56.7 Å². The SMILES string of the molecule is CCOc1cc(N2CCOCC2)c(OCC)cc1NC(=O)c1cc([N+](=O)[O-])ccc1NCCOC. The number of morpholine rings is 1. The van der Waals surface area contributed by atoms with E-state index in [0.29, 0.717) is 75.5 Å². The second kappa shape index (κ2) is 12.8. The van der Waals surface area contributed by atoms with Crippen LogP contribution >= 0.6 is 0 Å². The number of nitro groups is 1. The lowest BCUT2D eigenvalue weighted by atomic mass is 10.1. The highest BCUT2D eigenvalue weighted by atomic mass is 16.6. The average Bonchev–Trinajstić information content (AvgIpc) is 2.86. The lowest BCUT2D eigenvalue weighted by Gasteiger charge is -2.31. The van der Waals surface area contributed by atoms with Gasteiger partial charge in [-0.15, -0.1) is 0 Å². The van der Waals surface area contributed by atoms with Gasteiger partial charge < -0.3 is 34.5 Å². The van der Waals surface area contributed by atoms with Gasteiger partial charge in [-0.2, -0.15) is 0 Å². The summed E-state index contributed by atoms with van der Waals surface area (Å²) in [6.45, 7) is 8.06. The molecule has 2 aromatic carbocycles. The summed E-state index contributed by atoms with van der Waals surface area (Å²) in [6, 6.07) is 7.69. The van der Waals surface area contributed by atoms with Crippen molar-refractivity contribution in [3.05, 3.63) is 46.0 Å². The molecule has 0 bridgehead atoms. The minimum Gasteiger partial charge on any atom is -0.492 e. The number of non-ortho nitro benzene ring substituents is 1. The molecule has 0 radical (unpaired) electrons. The van der Waals surface area contributed by atoms with Gasteiger partial charge in [-0.1, -0.05) is 0 Å². The minimum atomic E-state index is -0.536. The lowest BCUT2D eigenvalue weighted by molar-refractivity contribution is -0.384. The van der Waals surface area contributed by atoms with Crippen LogP contribution in [0.2, 0.25) is 0 Å². The number of ether oxygens (including phenoxy) is 4. The topological polar surface area (TPSA) is 124 Å². The summed E-state index contributed by atoms with van der Waals surface area (Å²) < 4.78 is 22.2. The Kier molecular flexibility index (Phi) is 9.50. The zero-order valence-corrected chi connectivity index (χ0v) is 20.3. The first kappa shape index (κ1) is 26.0. The average molecular weight is 489 g/mol. The summed E-state index contributed by atoms with van der Waals surface area (Å²) in [7, 11) is 1.57. The van der Waals surface area contributed by atoms with E-state index in [-0.39, 0.29) is 11.3 Å². The number of anilines is 3. The van der Waals surface area contributed by atoms with Crippen molar-refractivity contribution in [2.45, 2.75) is 13.8 Å². The van der Waals surface area contributed by atoms with Gasteiger partial charge in [-0.05, 0) is 19.9 Å². The van der Waals surface area contributed by atoms with Crippen molar-refractivity contribution in [3.63, 3.8) is 0 Å². The molecule has 2 aromatic rings. The van der Waals surface area contributed by atoms with E-state index in [1.807, 2.05) is 19.9 Å². The fourth-order valence-electron chi connectivity index (χ4n) is 3.71. The normalized spacial score (nSPS) is 13.3. The highest BCUT2D eigenvalue weighted by Gasteiger charge is 2.22. The standard InChI is InChI=1S/C24H32N4O7/c1-4-34-22-16-21(27-9-12-33-13-10-27)23(35-5-2)15-20(22)26-24(29)18-14-17(28(30)31)6-7-19(18)25-8-11-32-3/h6-7,14-16,25H,4-5,8-13H2,1-3H3,(H,26,29). The molecule has 11 heteroatoms. The number of hydrogen-bond donors (Lipinski definition) is 2. The largest absolute Gasteiger partial charge is 0.492 e. The molecule has 0 aliphatic carbocycles. The van der Waals surface area contributed by atoms with Gasteiger partial charge in [0.25, 0.3) is 11.6 Å². The summed E-state index contributed by atoms with van der Waals surface area (Å²) in [6.07, 6.45) is 0. The first-order chi connectivity index (χ1) is 17.0. The molecule has 0 spiro atoms. The molecule has 1 heterocycles. The number of amides is 1. The van der Waals surface area contributed by atoms with Crippen molar-refractivity contribution in [2.24, 2.45) is 0 Å². The van der Waals surface area contributed by atoms with Crippen molar-refractivity contribution in [1.29, 1.82) is 0 Å². The van der Waals surface area contributed by atoms with Gasteiger partial charge >= 0.3 is 0 Å². The van der Waals surface area contributed by atoms with E-state index in [0.717, 1.165) is 5.69 Å². The van der Waals surface area contributed by atoms with E-state index in [9.17, 15) is 14.9 Å². The van der Waals surface area contributed by atoms with Gasteiger partial charge in [0.1, 0.15) is 11.5 Å². The molecule has 2 N–H and O–H groups in total. The predicted molar refractivity (Wildman–Crippen MR) is 133 cm³/mol. The molecule has 35 heavy (non-hydrogen) atoms. The van der Waals surface area contributed by atoms with E-state index < -0.39 is 10.8 Å². The zero-order valence-electron chi connectivity index (χ0n) is 20.3. The molecular weight excluding hydrogens is 456 g/mol. The molecule has 1 fully saturated rings. The molecule has 11 nitrogen and oxygen atoms in total. The van der Waals surface area contributed by atoms with Crippen LogP contribution in [0.4, 0.5) is 22.7 Å². The van der Waals surface area contributed by atoms with Gasteiger partial charge in [0.05, 0.1) is 54.9 Å². The van der Waals surface area contributed by atoms with Crippen LogP contribution in [0.15, 0.2) is 30.3 Å². The summed E-state index contributed by atoms with van der Waals surface area (Å²) >= 11 is 0. The van der Waals surface area contributed by atoms with Crippen LogP contribution in [0.5, 0.6) is 11.5 Å². The second-order valence-corrected chi connectivity index (χ2v) is 7.64. The number of benzene rings is 2. The fraction of sp³-hybridized carbons (Fsp3) is 0.458. The number of nitrogens with one attached hydrogen (secondary N) is 2. The van der Waals surface area contributed by atoms with Crippen LogP contribution in [-0.2, 0) is 9.47 Å². The maximum atomic E-state index is 13.3. The van der Waals surface area contributed by atoms with Crippen molar-refractivity contribution in [1.82, 2.24) is 0 Å². The van der Waals surface area contributed by atoms with Crippen LogP contribution in [0, 0.1) is 10.1 Å². The summed E-state index contributed by atoms with van der Waals surface area (Å²) in [5.41, 5.74) is 1.67. The van der Waals surface area contributed by atoms with Crippen LogP contribution in [0.3, 0.4) is 0 Å². The van der Waals surface area contributed by atoms with Gasteiger partial charge in [-0.25, -0.2) is 0 Å². The van der Waals surface area contributed by atoms with Gasteiger partial charge in [0.2, 0.25) is 0 Å². The van der Waals surface area contributed by atoms with Gasteiger partial charge in [0.15, 0.2) is 0 Å². The Bertz CT molecular complexity index is 1030. The third-order valence-corrected chi connectivity index (χ3v) is 5.34. The minimum absolute atomic E-state index is 0.132. The Balaban J connectivity index is 1.97. The number of hydrogen-bond acceptors (Lipinski definition) is 9. The molecular formula is C24H32N4O7. The molecule has 0 saturated carbocycles. The monoisotopic (exact) mass is 488 g/mol. The summed E-state index contributed by atoms with van der Waals surface area (Å²) in [4.78, 5) is 26.3. The lowest BCUT2D eigenvalue weighted by Crippen LogP contribution is -2.36. The quantitative estimate of drug-likeness (QED) is 0.262. The second-order valence-electron chi connectivity index (χ2n) is 7.64. The number of nitro benzene ring substituents is 1. The Morgan fingerprint density at radius 2 is 1.80 bits per heavy atom. The van der Waals surface area contributed by atoms with E-state index >= 15 is 0 Å². The molecule has 1 aliphatic heterocycles. The van der Waals surface area contributed by atoms with Crippen molar-refractivity contribution in [2.75, 3.05) is 75.3 Å². The van der Waals surface area contributed by atoms with E-state index in [1.54, 1.807) is 13.2 Å². The summed E-state index contributed by atoms with van der Waals surface area (Å²) in [5.74, 6) is 0.562. The first-order valence-corrected chi connectivity index (χ1v) is 11.6. The van der Waals surface area contributed by atoms with Crippen molar-refractivity contribution in [3.8, 4) is 11.5 Å². The van der Waals surface area contributed by atoms with Gasteiger partial charge in [-0.3, -0.25) is 14.9 Å².